The minimum absolute atomic E-state index is 0.00169. The van der Waals surface area contributed by atoms with Crippen LogP contribution in [0.5, 0.6) is 5.75 Å². The molecule has 2 aromatic rings. The molecule has 1 saturated heterocycles. The normalized spacial score (nSPS) is 14.2. The molecule has 0 aliphatic carbocycles. The molecule has 2 aromatic carbocycles. The monoisotopic (exact) mass is 492 g/mol. The number of amides is 1. The lowest BCUT2D eigenvalue weighted by atomic mass is 10.1. The predicted molar refractivity (Wildman–Crippen MR) is 120 cm³/mol. The van der Waals surface area contributed by atoms with Crippen LogP contribution in [0.4, 0.5) is 5.69 Å². The zero-order valence-corrected chi connectivity index (χ0v) is 19.6. The molecule has 3 rings (SSSR count). The average Bonchev–Trinajstić information content (AvgIpc) is 2.87. The van der Waals surface area contributed by atoms with Crippen LogP contribution in [0, 0.1) is 0 Å². The summed E-state index contributed by atoms with van der Waals surface area (Å²) in [6.45, 7) is 0.860. The van der Waals surface area contributed by atoms with Crippen molar-refractivity contribution < 1.29 is 41.7 Å². The molecule has 0 unspecified atom stereocenters. The fraction of sp³-hybridized carbons (Fsp3) is 0.318. The quantitative estimate of drug-likeness (QED) is 0.571. The van der Waals surface area contributed by atoms with Crippen LogP contribution in [0.25, 0.3) is 0 Å². The molecule has 0 saturated carbocycles. The summed E-state index contributed by atoms with van der Waals surface area (Å²) < 4.78 is 47.5. The maximum absolute atomic E-state index is 13.2. The summed E-state index contributed by atoms with van der Waals surface area (Å²) in [5.41, 5.74) is 0.0778. The molecule has 1 fully saturated rings. The van der Waals surface area contributed by atoms with Gasteiger partial charge in [0, 0.05) is 18.7 Å². The van der Waals surface area contributed by atoms with E-state index in [2.05, 4.69) is 10.1 Å². The first-order chi connectivity index (χ1) is 16.2. The minimum atomic E-state index is -3.97. The van der Waals surface area contributed by atoms with Crippen LogP contribution in [-0.4, -0.2) is 78.2 Å². The Labute approximate surface area is 196 Å². The van der Waals surface area contributed by atoms with E-state index in [1.165, 1.54) is 62.0 Å². The van der Waals surface area contributed by atoms with E-state index in [9.17, 15) is 22.8 Å². The maximum atomic E-state index is 13.2. The van der Waals surface area contributed by atoms with Crippen molar-refractivity contribution in [2.45, 2.75) is 4.90 Å². The molecule has 12 heteroatoms. The summed E-state index contributed by atoms with van der Waals surface area (Å²) in [5, 5.41) is 2.54. The molecule has 1 amide bonds. The van der Waals surface area contributed by atoms with Crippen molar-refractivity contribution in [2.75, 3.05) is 52.9 Å². The number of carbonyl (C=O) groups is 3. The van der Waals surface area contributed by atoms with E-state index in [1.807, 2.05) is 0 Å². The van der Waals surface area contributed by atoms with Gasteiger partial charge in [-0.2, -0.15) is 4.31 Å². The molecule has 34 heavy (non-hydrogen) atoms. The lowest BCUT2D eigenvalue weighted by molar-refractivity contribution is 0.0587. The first-order valence-corrected chi connectivity index (χ1v) is 11.5. The van der Waals surface area contributed by atoms with Crippen molar-refractivity contribution in [3.05, 3.63) is 53.1 Å². The van der Waals surface area contributed by atoms with Crippen molar-refractivity contribution in [3.63, 3.8) is 0 Å². The fourth-order valence-corrected chi connectivity index (χ4v) is 4.91. The van der Waals surface area contributed by atoms with Gasteiger partial charge in [-0.05, 0) is 36.4 Å². The number of methoxy groups -OCH3 is 3. The number of ether oxygens (including phenoxy) is 4. The number of sulfonamides is 1. The molecule has 0 aromatic heterocycles. The second-order valence-corrected chi connectivity index (χ2v) is 8.99. The summed E-state index contributed by atoms with van der Waals surface area (Å²) in [6, 6.07) is 7.89. The van der Waals surface area contributed by atoms with Crippen molar-refractivity contribution in [3.8, 4) is 5.75 Å². The highest BCUT2D eigenvalue weighted by molar-refractivity contribution is 7.89. The minimum Gasteiger partial charge on any atom is -0.495 e. The molecule has 1 aliphatic heterocycles. The zero-order chi connectivity index (χ0) is 24.9. The van der Waals surface area contributed by atoms with Crippen LogP contribution in [0.2, 0.25) is 0 Å². The van der Waals surface area contributed by atoms with Gasteiger partial charge in [0.15, 0.2) is 0 Å². The van der Waals surface area contributed by atoms with E-state index >= 15 is 0 Å². The van der Waals surface area contributed by atoms with E-state index in [0.29, 0.717) is 0 Å². The van der Waals surface area contributed by atoms with Crippen LogP contribution in [0.15, 0.2) is 41.3 Å². The van der Waals surface area contributed by atoms with Crippen LogP contribution in [0.3, 0.4) is 0 Å². The molecule has 11 nitrogen and oxygen atoms in total. The highest BCUT2D eigenvalue weighted by Crippen LogP contribution is 2.29. The fourth-order valence-electron chi connectivity index (χ4n) is 3.32. The standard InChI is InChI=1S/C22H24N2O9S/c1-30-18-7-5-14(13-19(18)34(28,29)24-8-10-33-11-9-24)20(25)23-17-12-15(21(26)31-2)4-6-16(17)22(27)32-3/h4-7,12-13H,8-11H2,1-3H3,(H,23,25). The highest BCUT2D eigenvalue weighted by atomic mass is 32.2. The number of rotatable bonds is 7. The third-order valence-corrected chi connectivity index (χ3v) is 7.03. The SMILES string of the molecule is COC(=O)c1ccc(C(=O)OC)c(NC(=O)c2ccc(OC)c(S(=O)(=O)N3CCOCC3)c2)c1. The number of nitrogens with one attached hydrogen (secondary N) is 1. The smallest absolute Gasteiger partial charge is 0.339 e. The lowest BCUT2D eigenvalue weighted by Crippen LogP contribution is -2.40. The lowest BCUT2D eigenvalue weighted by Gasteiger charge is -2.26. The number of hydrogen-bond acceptors (Lipinski definition) is 9. The van der Waals surface area contributed by atoms with Crippen molar-refractivity contribution in [1.82, 2.24) is 4.31 Å². The number of benzene rings is 2. The molecule has 1 N–H and O–H groups in total. The number of morpholine rings is 1. The molecule has 0 spiro atoms. The number of esters is 2. The van der Waals surface area contributed by atoms with Gasteiger partial charge in [-0.3, -0.25) is 4.79 Å². The first kappa shape index (κ1) is 25.1. The second kappa shape index (κ2) is 10.6. The first-order valence-electron chi connectivity index (χ1n) is 10.1. The third-order valence-electron chi connectivity index (χ3n) is 5.11. The Kier molecular flexibility index (Phi) is 7.87. The van der Waals surface area contributed by atoms with E-state index in [0.717, 1.165) is 0 Å². The van der Waals surface area contributed by atoms with Gasteiger partial charge in [0.25, 0.3) is 5.91 Å². The van der Waals surface area contributed by atoms with Crippen LogP contribution in [-0.2, 0) is 24.2 Å². The van der Waals surface area contributed by atoms with Gasteiger partial charge in [-0.25, -0.2) is 18.0 Å². The highest BCUT2D eigenvalue weighted by Gasteiger charge is 2.30. The maximum Gasteiger partial charge on any atom is 0.339 e. The summed E-state index contributed by atoms with van der Waals surface area (Å²) in [4.78, 5) is 36.9. The van der Waals surface area contributed by atoms with Crippen molar-refractivity contribution in [2.24, 2.45) is 0 Å². The van der Waals surface area contributed by atoms with Crippen LogP contribution >= 0.6 is 0 Å². The molecule has 0 radical (unpaired) electrons. The Hall–Kier alpha value is -3.48. The summed E-state index contributed by atoms with van der Waals surface area (Å²) in [5.74, 6) is -2.05. The van der Waals surface area contributed by atoms with E-state index in [-0.39, 0.29) is 59.3 Å². The average molecular weight is 493 g/mol. The number of carbonyl (C=O) groups excluding carboxylic acids is 3. The molecule has 0 bridgehead atoms. The van der Waals surface area contributed by atoms with Crippen LogP contribution in [0.1, 0.15) is 31.1 Å². The Balaban J connectivity index is 1.99. The summed E-state index contributed by atoms with van der Waals surface area (Å²) >= 11 is 0. The van der Waals surface area contributed by atoms with Gasteiger partial charge in [0.05, 0.1) is 51.4 Å². The number of anilines is 1. The molecule has 0 atom stereocenters. The largest absolute Gasteiger partial charge is 0.495 e. The van der Waals surface area contributed by atoms with Crippen molar-refractivity contribution in [1.29, 1.82) is 0 Å². The molecule has 182 valence electrons. The van der Waals surface area contributed by atoms with Gasteiger partial charge in [-0.15, -0.1) is 0 Å². The molecule has 1 heterocycles. The Morgan fingerprint density at radius 1 is 0.912 bits per heavy atom. The Morgan fingerprint density at radius 3 is 2.18 bits per heavy atom. The van der Waals surface area contributed by atoms with Crippen LogP contribution < -0.4 is 10.1 Å². The molecular weight excluding hydrogens is 468 g/mol. The van der Waals surface area contributed by atoms with Gasteiger partial charge in [-0.1, -0.05) is 0 Å². The molecule has 1 aliphatic rings. The number of nitrogens with zero attached hydrogens (tertiary/aromatic N) is 1. The Morgan fingerprint density at radius 2 is 1.56 bits per heavy atom. The van der Waals surface area contributed by atoms with Gasteiger partial charge in [0.2, 0.25) is 10.0 Å². The van der Waals surface area contributed by atoms with Gasteiger partial charge >= 0.3 is 11.9 Å². The summed E-state index contributed by atoms with van der Waals surface area (Å²) in [7, 11) is -0.268. The van der Waals surface area contributed by atoms with E-state index in [1.54, 1.807) is 0 Å². The van der Waals surface area contributed by atoms with E-state index < -0.39 is 27.9 Å². The summed E-state index contributed by atoms with van der Waals surface area (Å²) in [6.07, 6.45) is 0. The van der Waals surface area contributed by atoms with E-state index in [4.69, 9.17) is 14.2 Å². The third kappa shape index (κ3) is 5.19. The predicted octanol–water partition coefficient (Wildman–Crippen LogP) is 1.54. The topological polar surface area (TPSA) is 138 Å². The second-order valence-electron chi connectivity index (χ2n) is 7.08. The molecular formula is C22H24N2O9S. The van der Waals surface area contributed by atoms with Gasteiger partial charge < -0.3 is 24.3 Å². The van der Waals surface area contributed by atoms with Crippen molar-refractivity contribution >= 4 is 33.6 Å². The Bertz CT molecular complexity index is 1200. The number of hydrogen-bond donors (Lipinski definition) is 1. The van der Waals surface area contributed by atoms with Gasteiger partial charge in [0.1, 0.15) is 10.6 Å². The zero-order valence-electron chi connectivity index (χ0n) is 18.8.